The van der Waals surface area contributed by atoms with Crippen LogP contribution in [0.1, 0.15) is 25.7 Å². The third-order valence-corrected chi connectivity index (χ3v) is 3.23. The Hall–Kier alpha value is -1.42. The van der Waals surface area contributed by atoms with Crippen LogP contribution in [0.25, 0.3) is 0 Å². The number of nitrogens with two attached hydrogens (primary N) is 1. The average molecular weight is 236 g/mol. The second-order valence-electron chi connectivity index (χ2n) is 4.61. The van der Waals surface area contributed by atoms with Crippen LogP contribution < -0.4 is 11.1 Å². The SMILES string of the molecule is NC1CCC(C(=O)Nc2cccc(F)c2)CC1. The Morgan fingerprint density at radius 3 is 2.65 bits per heavy atom. The Morgan fingerprint density at radius 2 is 2.00 bits per heavy atom. The van der Waals surface area contributed by atoms with E-state index in [4.69, 9.17) is 5.73 Å². The van der Waals surface area contributed by atoms with Gasteiger partial charge in [0, 0.05) is 17.6 Å². The van der Waals surface area contributed by atoms with Gasteiger partial charge in [-0.05, 0) is 43.9 Å². The molecular formula is C13H17FN2O. The molecule has 0 atom stereocenters. The van der Waals surface area contributed by atoms with Crippen molar-refractivity contribution in [2.75, 3.05) is 5.32 Å². The third kappa shape index (κ3) is 3.27. The van der Waals surface area contributed by atoms with Gasteiger partial charge in [0.1, 0.15) is 5.82 Å². The second-order valence-corrected chi connectivity index (χ2v) is 4.61. The van der Waals surface area contributed by atoms with Gasteiger partial charge in [0.25, 0.3) is 0 Å². The number of benzene rings is 1. The predicted octanol–water partition coefficient (Wildman–Crippen LogP) is 2.28. The first-order valence-corrected chi connectivity index (χ1v) is 5.97. The molecule has 17 heavy (non-hydrogen) atoms. The van der Waals surface area contributed by atoms with Crippen molar-refractivity contribution in [2.24, 2.45) is 11.7 Å². The van der Waals surface area contributed by atoms with Crippen molar-refractivity contribution in [3.8, 4) is 0 Å². The first-order chi connectivity index (χ1) is 8.15. The highest BCUT2D eigenvalue weighted by molar-refractivity contribution is 5.92. The monoisotopic (exact) mass is 236 g/mol. The molecule has 3 N–H and O–H groups in total. The molecule has 0 bridgehead atoms. The largest absolute Gasteiger partial charge is 0.328 e. The highest BCUT2D eigenvalue weighted by Gasteiger charge is 2.24. The minimum atomic E-state index is -0.339. The Bertz CT molecular complexity index is 400. The van der Waals surface area contributed by atoms with Crippen LogP contribution in [0.4, 0.5) is 10.1 Å². The molecule has 1 fully saturated rings. The van der Waals surface area contributed by atoms with Crippen LogP contribution in [0.3, 0.4) is 0 Å². The molecule has 1 aromatic rings. The summed E-state index contributed by atoms with van der Waals surface area (Å²) in [6, 6.07) is 6.19. The van der Waals surface area contributed by atoms with Crippen molar-refractivity contribution in [2.45, 2.75) is 31.7 Å². The molecular weight excluding hydrogens is 219 g/mol. The summed E-state index contributed by atoms with van der Waals surface area (Å²) in [5.41, 5.74) is 6.31. The standard InChI is InChI=1S/C13H17FN2O/c14-10-2-1-3-12(8-10)16-13(17)9-4-6-11(15)7-5-9/h1-3,8-9,11H,4-7,15H2,(H,16,17). The Morgan fingerprint density at radius 1 is 1.29 bits per heavy atom. The number of hydrogen-bond donors (Lipinski definition) is 2. The summed E-state index contributed by atoms with van der Waals surface area (Å²) < 4.78 is 12.9. The molecule has 0 heterocycles. The van der Waals surface area contributed by atoms with Crippen LogP contribution >= 0.6 is 0 Å². The van der Waals surface area contributed by atoms with Crippen molar-refractivity contribution in [3.05, 3.63) is 30.1 Å². The van der Waals surface area contributed by atoms with E-state index in [0.29, 0.717) is 5.69 Å². The molecule has 1 aromatic carbocycles. The van der Waals surface area contributed by atoms with Gasteiger partial charge in [-0.25, -0.2) is 4.39 Å². The van der Waals surface area contributed by atoms with Gasteiger partial charge >= 0.3 is 0 Å². The van der Waals surface area contributed by atoms with E-state index >= 15 is 0 Å². The molecule has 3 nitrogen and oxygen atoms in total. The number of anilines is 1. The molecule has 0 unspecified atom stereocenters. The van der Waals surface area contributed by atoms with E-state index in [1.54, 1.807) is 12.1 Å². The molecule has 1 aliphatic rings. The van der Waals surface area contributed by atoms with Gasteiger partial charge in [-0.1, -0.05) is 6.07 Å². The van der Waals surface area contributed by atoms with Crippen LogP contribution in [0, 0.1) is 11.7 Å². The van der Waals surface area contributed by atoms with Gasteiger partial charge in [0.05, 0.1) is 0 Å². The molecule has 0 aromatic heterocycles. The molecule has 0 radical (unpaired) electrons. The lowest BCUT2D eigenvalue weighted by atomic mass is 9.86. The van der Waals surface area contributed by atoms with Crippen molar-refractivity contribution < 1.29 is 9.18 Å². The Labute approximate surface area is 100 Å². The number of carbonyl (C=O) groups excluding carboxylic acids is 1. The zero-order chi connectivity index (χ0) is 12.3. The fourth-order valence-corrected chi connectivity index (χ4v) is 2.19. The fraction of sp³-hybridized carbons (Fsp3) is 0.462. The minimum Gasteiger partial charge on any atom is -0.328 e. The Balaban J connectivity index is 1.93. The lowest BCUT2D eigenvalue weighted by Gasteiger charge is -2.25. The second kappa shape index (κ2) is 5.27. The fourth-order valence-electron chi connectivity index (χ4n) is 2.19. The van der Waals surface area contributed by atoms with Gasteiger partial charge in [0.2, 0.25) is 5.91 Å². The molecule has 4 heteroatoms. The topological polar surface area (TPSA) is 55.1 Å². The van der Waals surface area contributed by atoms with Gasteiger partial charge in [-0.2, -0.15) is 0 Å². The van der Waals surface area contributed by atoms with E-state index < -0.39 is 0 Å². The first kappa shape index (κ1) is 12.0. The maximum atomic E-state index is 12.9. The molecule has 0 aliphatic heterocycles. The first-order valence-electron chi connectivity index (χ1n) is 5.97. The van der Waals surface area contributed by atoms with E-state index in [1.165, 1.54) is 12.1 Å². The summed E-state index contributed by atoms with van der Waals surface area (Å²) in [5.74, 6) is -0.353. The van der Waals surface area contributed by atoms with E-state index in [0.717, 1.165) is 25.7 Å². The summed E-state index contributed by atoms with van der Waals surface area (Å²) in [6.45, 7) is 0. The van der Waals surface area contributed by atoms with Crippen molar-refractivity contribution >= 4 is 11.6 Å². The normalized spacial score (nSPS) is 24.4. The third-order valence-electron chi connectivity index (χ3n) is 3.23. The van der Waals surface area contributed by atoms with Crippen LogP contribution in [-0.4, -0.2) is 11.9 Å². The van der Waals surface area contributed by atoms with E-state index in [9.17, 15) is 9.18 Å². The van der Waals surface area contributed by atoms with E-state index in [-0.39, 0.29) is 23.7 Å². The van der Waals surface area contributed by atoms with E-state index in [1.807, 2.05) is 0 Å². The molecule has 92 valence electrons. The lowest BCUT2D eigenvalue weighted by molar-refractivity contribution is -0.120. The number of rotatable bonds is 2. The van der Waals surface area contributed by atoms with Gasteiger partial charge in [0.15, 0.2) is 0 Å². The maximum Gasteiger partial charge on any atom is 0.227 e. The van der Waals surface area contributed by atoms with Crippen LogP contribution in [-0.2, 0) is 4.79 Å². The summed E-state index contributed by atoms with van der Waals surface area (Å²) in [6.07, 6.45) is 3.42. The molecule has 0 saturated heterocycles. The van der Waals surface area contributed by atoms with Gasteiger partial charge in [-0.3, -0.25) is 4.79 Å². The highest BCUT2D eigenvalue weighted by Crippen LogP contribution is 2.24. The predicted molar refractivity (Wildman–Crippen MR) is 65.0 cm³/mol. The van der Waals surface area contributed by atoms with E-state index in [2.05, 4.69) is 5.32 Å². The maximum absolute atomic E-state index is 12.9. The zero-order valence-electron chi connectivity index (χ0n) is 9.66. The van der Waals surface area contributed by atoms with Gasteiger partial charge in [-0.15, -0.1) is 0 Å². The zero-order valence-corrected chi connectivity index (χ0v) is 9.66. The number of nitrogens with one attached hydrogen (secondary N) is 1. The smallest absolute Gasteiger partial charge is 0.227 e. The molecule has 1 amide bonds. The van der Waals surface area contributed by atoms with Crippen LogP contribution in [0.15, 0.2) is 24.3 Å². The summed E-state index contributed by atoms with van der Waals surface area (Å²) in [5, 5.41) is 2.75. The van der Waals surface area contributed by atoms with Gasteiger partial charge < -0.3 is 11.1 Å². The molecule has 1 aliphatic carbocycles. The quantitative estimate of drug-likeness (QED) is 0.827. The van der Waals surface area contributed by atoms with Crippen molar-refractivity contribution in [1.29, 1.82) is 0 Å². The molecule has 2 rings (SSSR count). The molecule has 1 saturated carbocycles. The highest BCUT2D eigenvalue weighted by atomic mass is 19.1. The lowest BCUT2D eigenvalue weighted by Crippen LogP contribution is -2.32. The number of halogens is 1. The van der Waals surface area contributed by atoms with Crippen molar-refractivity contribution in [1.82, 2.24) is 0 Å². The molecule has 0 spiro atoms. The summed E-state index contributed by atoms with van der Waals surface area (Å²) in [4.78, 5) is 11.9. The van der Waals surface area contributed by atoms with Crippen LogP contribution in [0.5, 0.6) is 0 Å². The number of carbonyl (C=O) groups is 1. The Kier molecular flexibility index (Phi) is 3.74. The summed E-state index contributed by atoms with van der Waals surface area (Å²) in [7, 11) is 0. The minimum absolute atomic E-state index is 0.0121. The van der Waals surface area contributed by atoms with Crippen molar-refractivity contribution in [3.63, 3.8) is 0 Å². The number of hydrogen-bond acceptors (Lipinski definition) is 2. The number of amides is 1. The van der Waals surface area contributed by atoms with Crippen LogP contribution in [0.2, 0.25) is 0 Å². The summed E-state index contributed by atoms with van der Waals surface area (Å²) >= 11 is 0. The average Bonchev–Trinajstić information content (AvgIpc) is 2.29.